The summed E-state index contributed by atoms with van der Waals surface area (Å²) in [6.45, 7) is 10.2. The molecule has 2 atom stereocenters. The highest BCUT2D eigenvalue weighted by Gasteiger charge is 2.42. The summed E-state index contributed by atoms with van der Waals surface area (Å²) in [5.74, 6) is 0. The van der Waals surface area contributed by atoms with Crippen molar-refractivity contribution in [3.63, 3.8) is 0 Å². The maximum atomic E-state index is 9.42. The van der Waals surface area contributed by atoms with E-state index in [1.165, 1.54) is 32.4 Å². The van der Waals surface area contributed by atoms with Crippen molar-refractivity contribution in [1.82, 2.24) is 10.2 Å². The number of hydrogen-bond donors (Lipinski definition) is 1. The Bertz CT molecular complexity index is 321. The Morgan fingerprint density at radius 1 is 1.28 bits per heavy atom. The van der Waals surface area contributed by atoms with Crippen LogP contribution in [0.15, 0.2) is 0 Å². The van der Waals surface area contributed by atoms with Gasteiger partial charge in [0.05, 0.1) is 6.07 Å². The summed E-state index contributed by atoms with van der Waals surface area (Å²) in [5, 5.41) is 12.8. The minimum atomic E-state index is -0.244. The van der Waals surface area contributed by atoms with Gasteiger partial charge < -0.3 is 4.90 Å². The summed E-state index contributed by atoms with van der Waals surface area (Å²) in [4.78, 5) is 2.63. The molecule has 3 heteroatoms. The zero-order valence-corrected chi connectivity index (χ0v) is 12.1. The zero-order chi connectivity index (χ0) is 13.2. The summed E-state index contributed by atoms with van der Waals surface area (Å²) < 4.78 is 0. The Morgan fingerprint density at radius 3 is 2.50 bits per heavy atom. The number of likely N-dealkylation sites (tertiary alicyclic amines) is 1. The second-order valence-electron chi connectivity index (χ2n) is 6.82. The van der Waals surface area contributed by atoms with E-state index in [1.54, 1.807) is 0 Å². The van der Waals surface area contributed by atoms with Crippen molar-refractivity contribution >= 4 is 0 Å². The van der Waals surface area contributed by atoms with Crippen molar-refractivity contribution < 1.29 is 0 Å². The largest absolute Gasteiger partial charge is 0.300 e. The number of nitriles is 1. The van der Waals surface area contributed by atoms with Crippen LogP contribution in [0.4, 0.5) is 0 Å². The van der Waals surface area contributed by atoms with Gasteiger partial charge in [0.1, 0.15) is 5.54 Å². The van der Waals surface area contributed by atoms with Gasteiger partial charge in [-0.2, -0.15) is 5.26 Å². The Labute approximate surface area is 112 Å². The number of hydrogen-bond acceptors (Lipinski definition) is 3. The molecule has 0 bridgehead atoms. The molecule has 1 N–H and O–H groups in total. The standard InChI is InChI=1S/C15H27N3/c1-4-17-15(12-16)6-5-13(11-15)18-9-7-14(2,3)8-10-18/h13,17H,4-11H2,1-3H3. The lowest BCUT2D eigenvalue weighted by Crippen LogP contribution is -2.46. The van der Waals surface area contributed by atoms with E-state index < -0.39 is 0 Å². The summed E-state index contributed by atoms with van der Waals surface area (Å²) in [5.41, 5.74) is 0.273. The lowest BCUT2D eigenvalue weighted by atomic mass is 9.82. The first kappa shape index (κ1) is 13.8. The average Bonchev–Trinajstić information content (AvgIpc) is 2.75. The Kier molecular flexibility index (Phi) is 3.99. The van der Waals surface area contributed by atoms with Crippen LogP contribution in [-0.2, 0) is 0 Å². The van der Waals surface area contributed by atoms with Gasteiger partial charge in [-0.1, -0.05) is 20.8 Å². The molecule has 2 rings (SSSR count). The molecule has 1 saturated heterocycles. The number of nitrogens with zero attached hydrogens (tertiary/aromatic N) is 2. The van der Waals surface area contributed by atoms with Gasteiger partial charge in [0.25, 0.3) is 0 Å². The lowest BCUT2D eigenvalue weighted by Gasteiger charge is -2.40. The van der Waals surface area contributed by atoms with Gasteiger partial charge in [0.15, 0.2) is 0 Å². The predicted octanol–water partition coefficient (Wildman–Crippen LogP) is 2.53. The minimum Gasteiger partial charge on any atom is -0.300 e. The summed E-state index contributed by atoms with van der Waals surface area (Å²) in [6.07, 6.45) is 5.80. The average molecular weight is 249 g/mol. The molecule has 18 heavy (non-hydrogen) atoms. The molecule has 0 aromatic carbocycles. The second-order valence-corrected chi connectivity index (χ2v) is 6.82. The maximum absolute atomic E-state index is 9.42. The molecule has 1 aliphatic heterocycles. The van der Waals surface area contributed by atoms with Gasteiger partial charge in [-0.15, -0.1) is 0 Å². The van der Waals surface area contributed by atoms with Crippen LogP contribution in [-0.4, -0.2) is 36.1 Å². The van der Waals surface area contributed by atoms with Crippen LogP contribution >= 0.6 is 0 Å². The monoisotopic (exact) mass is 249 g/mol. The van der Waals surface area contributed by atoms with Gasteiger partial charge in [-0.3, -0.25) is 5.32 Å². The minimum absolute atomic E-state index is 0.244. The molecule has 3 nitrogen and oxygen atoms in total. The molecule has 0 aromatic rings. The van der Waals surface area contributed by atoms with Crippen molar-refractivity contribution in [2.75, 3.05) is 19.6 Å². The third-order valence-corrected chi connectivity index (χ3v) is 4.89. The molecule has 1 heterocycles. The van der Waals surface area contributed by atoms with Gasteiger partial charge >= 0.3 is 0 Å². The highest BCUT2D eigenvalue weighted by atomic mass is 15.2. The molecule has 0 aromatic heterocycles. The van der Waals surface area contributed by atoms with E-state index in [9.17, 15) is 5.26 Å². The van der Waals surface area contributed by atoms with Crippen molar-refractivity contribution in [1.29, 1.82) is 5.26 Å². The van der Waals surface area contributed by atoms with E-state index in [1.807, 2.05) is 0 Å². The van der Waals surface area contributed by atoms with Gasteiger partial charge in [-0.25, -0.2) is 0 Å². The SMILES string of the molecule is CCNC1(C#N)CCC(N2CCC(C)(C)CC2)C1. The topological polar surface area (TPSA) is 39.1 Å². The molecule has 1 aliphatic carbocycles. The third kappa shape index (κ3) is 2.87. The van der Waals surface area contributed by atoms with Crippen LogP contribution in [0.5, 0.6) is 0 Å². The van der Waals surface area contributed by atoms with Crippen LogP contribution in [0.25, 0.3) is 0 Å². The summed E-state index contributed by atoms with van der Waals surface area (Å²) in [7, 11) is 0. The van der Waals surface area contributed by atoms with Crippen molar-refractivity contribution in [2.24, 2.45) is 5.41 Å². The first-order chi connectivity index (χ1) is 8.50. The normalized spacial score (nSPS) is 36.4. The molecule has 2 fully saturated rings. The van der Waals surface area contributed by atoms with E-state index in [0.29, 0.717) is 11.5 Å². The van der Waals surface area contributed by atoms with Crippen LogP contribution < -0.4 is 5.32 Å². The van der Waals surface area contributed by atoms with Crippen LogP contribution in [0.3, 0.4) is 0 Å². The quantitative estimate of drug-likeness (QED) is 0.835. The molecular formula is C15H27N3. The first-order valence-corrected chi connectivity index (χ1v) is 7.41. The fraction of sp³-hybridized carbons (Fsp3) is 0.933. The van der Waals surface area contributed by atoms with E-state index >= 15 is 0 Å². The number of nitrogens with one attached hydrogen (secondary N) is 1. The molecule has 0 radical (unpaired) electrons. The molecule has 1 saturated carbocycles. The fourth-order valence-electron chi connectivity index (χ4n) is 3.47. The van der Waals surface area contributed by atoms with Gasteiger partial charge in [-0.05, 0) is 57.2 Å². The lowest BCUT2D eigenvalue weighted by molar-refractivity contribution is 0.0936. The van der Waals surface area contributed by atoms with E-state index in [-0.39, 0.29) is 5.54 Å². The van der Waals surface area contributed by atoms with Gasteiger partial charge in [0, 0.05) is 6.04 Å². The summed E-state index contributed by atoms with van der Waals surface area (Å²) >= 11 is 0. The Balaban J connectivity index is 1.92. The molecule has 0 amide bonds. The van der Waals surface area contributed by atoms with Crippen molar-refractivity contribution in [3.05, 3.63) is 0 Å². The molecule has 0 spiro atoms. The molecule has 2 unspecified atom stereocenters. The Hall–Kier alpha value is -0.590. The van der Waals surface area contributed by atoms with E-state index in [2.05, 4.69) is 37.1 Å². The Morgan fingerprint density at radius 2 is 1.94 bits per heavy atom. The van der Waals surface area contributed by atoms with E-state index in [0.717, 1.165) is 19.4 Å². The smallest absolute Gasteiger partial charge is 0.108 e. The fourth-order valence-corrected chi connectivity index (χ4v) is 3.47. The predicted molar refractivity (Wildman–Crippen MR) is 74.2 cm³/mol. The summed E-state index contributed by atoms with van der Waals surface area (Å²) in [6, 6.07) is 3.15. The third-order valence-electron chi connectivity index (χ3n) is 4.89. The molecule has 102 valence electrons. The maximum Gasteiger partial charge on any atom is 0.108 e. The highest BCUT2D eigenvalue weighted by Crippen LogP contribution is 2.37. The second kappa shape index (κ2) is 5.19. The van der Waals surface area contributed by atoms with Crippen molar-refractivity contribution in [3.8, 4) is 6.07 Å². The zero-order valence-electron chi connectivity index (χ0n) is 12.1. The molecular weight excluding hydrogens is 222 g/mol. The number of rotatable bonds is 3. The number of piperidine rings is 1. The molecule has 2 aliphatic rings. The first-order valence-electron chi connectivity index (χ1n) is 7.41. The van der Waals surface area contributed by atoms with Crippen molar-refractivity contribution in [2.45, 2.75) is 64.5 Å². The van der Waals surface area contributed by atoms with E-state index in [4.69, 9.17) is 0 Å². The van der Waals surface area contributed by atoms with Crippen LogP contribution in [0.1, 0.15) is 52.9 Å². The highest BCUT2D eigenvalue weighted by molar-refractivity contribution is 5.13. The van der Waals surface area contributed by atoms with Crippen LogP contribution in [0, 0.1) is 16.7 Å². The van der Waals surface area contributed by atoms with Crippen LogP contribution in [0.2, 0.25) is 0 Å². The van der Waals surface area contributed by atoms with Gasteiger partial charge in [0.2, 0.25) is 0 Å².